The molecule has 0 saturated carbocycles. The van der Waals surface area contributed by atoms with Crippen molar-refractivity contribution in [3.05, 3.63) is 52.4 Å². The van der Waals surface area contributed by atoms with E-state index in [1.807, 2.05) is 31.2 Å². The van der Waals surface area contributed by atoms with E-state index in [9.17, 15) is 8.42 Å². The Balaban J connectivity index is 1.22. The van der Waals surface area contributed by atoms with Crippen LogP contribution >= 0.6 is 23.2 Å². The third-order valence-corrected chi connectivity index (χ3v) is 9.02. The number of fused-ring (bicyclic) bond motifs is 1. The fourth-order valence-electron chi connectivity index (χ4n) is 5.23. The van der Waals surface area contributed by atoms with Gasteiger partial charge in [-0.2, -0.15) is 10.2 Å². The van der Waals surface area contributed by atoms with Crippen molar-refractivity contribution in [1.29, 1.82) is 0 Å². The molecule has 1 aromatic carbocycles. The van der Waals surface area contributed by atoms with Gasteiger partial charge in [0.15, 0.2) is 16.7 Å². The van der Waals surface area contributed by atoms with Crippen LogP contribution in [0.5, 0.6) is 11.5 Å². The molecule has 1 spiro atoms. The average Bonchev–Trinajstić information content (AvgIpc) is 3.24. The van der Waals surface area contributed by atoms with Crippen LogP contribution in [-0.2, 0) is 10.0 Å². The number of anilines is 1. The summed E-state index contributed by atoms with van der Waals surface area (Å²) in [6, 6.07) is 7.61. The minimum Gasteiger partial charge on any atom is -0.493 e. The van der Waals surface area contributed by atoms with E-state index in [1.165, 1.54) is 16.8 Å². The number of H-pyrrole nitrogens is 1. The molecule has 0 unspecified atom stereocenters. The largest absolute Gasteiger partial charge is 0.493 e. The van der Waals surface area contributed by atoms with Crippen LogP contribution < -0.4 is 14.4 Å². The standard InChI is InChI=1S/C25H25Cl2N7O4S/c1-14(22-17(26)9-29-32-24(22)27)38-20-6-16-18(7-19(20)37-2)30-31-23(16)15-4-5-21(28-8-15)33-10-25(11-33)12-34(13-25)39(3,35)36/h4-9,14H,10-13H2,1-3H3,(H,30,31)/t14-/m1/s1. The van der Waals surface area contributed by atoms with Crippen molar-refractivity contribution in [3.63, 3.8) is 0 Å². The van der Waals surface area contributed by atoms with E-state index in [-0.39, 0.29) is 10.6 Å². The Kier molecular flexibility index (Phi) is 6.33. The van der Waals surface area contributed by atoms with E-state index in [2.05, 4.69) is 30.3 Å². The van der Waals surface area contributed by atoms with E-state index >= 15 is 0 Å². The first kappa shape index (κ1) is 26.1. The van der Waals surface area contributed by atoms with Crippen molar-refractivity contribution < 1.29 is 17.9 Å². The minimum atomic E-state index is -3.12. The molecule has 6 rings (SSSR count). The summed E-state index contributed by atoms with van der Waals surface area (Å²) in [5.41, 5.74) is 2.89. The molecule has 3 aromatic heterocycles. The highest BCUT2D eigenvalue weighted by Gasteiger charge is 2.54. The van der Waals surface area contributed by atoms with E-state index in [4.69, 9.17) is 32.7 Å². The number of pyridine rings is 1. The van der Waals surface area contributed by atoms with Crippen LogP contribution in [-0.4, -0.2) is 77.6 Å². The second kappa shape index (κ2) is 9.47. The third kappa shape index (κ3) is 4.65. The van der Waals surface area contributed by atoms with Crippen LogP contribution in [0.3, 0.4) is 0 Å². The van der Waals surface area contributed by atoms with Crippen LogP contribution in [0.4, 0.5) is 5.82 Å². The van der Waals surface area contributed by atoms with Gasteiger partial charge in [-0.1, -0.05) is 23.2 Å². The molecule has 0 amide bonds. The number of nitrogens with one attached hydrogen (secondary N) is 1. The van der Waals surface area contributed by atoms with Gasteiger partial charge in [-0.15, -0.1) is 5.10 Å². The predicted octanol–water partition coefficient (Wildman–Crippen LogP) is 3.95. The molecule has 0 aliphatic carbocycles. The Hall–Kier alpha value is -3.19. The van der Waals surface area contributed by atoms with Gasteiger partial charge in [0.05, 0.1) is 35.7 Å². The van der Waals surface area contributed by atoms with Gasteiger partial charge in [0.1, 0.15) is 17.6 Å². The lowest BCUT2D eigenvalue weighted by atomic mass is 9.74. The molecule has 2 saturated heterocycles. The summed E-state index contributed by atoms with van der Waals surface area (Å²) in [6.07, 6.45) is 3.94. The first-order valence-electron chi connectivity index (χ1n) is 12.1. The van der Waals surface area contributed by atoms with Crippen molar-refractivity contribution in [2.24, 2.45) is 5.41 Å². The molecule has 2 fully saturated rings. The van der Waals surface area contributed by atoms with Crippen LogP contribution in [0.25, 0.3) is 22.2 Å². The first-order chi connectivity index (χ1) is 18.6. The molecule has 204 valence electrons. The quantitative estimate of drug-likeness (QED) is 0.341. The van der Waals surface area contributed by atoms with Crippen LogP contribution in [0.15, 0.2) is 36.7 Å². The molecule has 39 heavy (non-hydrogen) atoms. The Morgan fingerprint density at radius 1 is 1.10 bits per heavy atom. The second-order valence-electron chi connectivity index (χ2n) is 10.1. The smallest absolute Gasteiger partial charge is 0.211 e. The fraction of sp³-hybridized carbons (Fsp3) is 0.360. The number of aromatic nitrogens is 5. The molecule has 1 N–H and O–H groups in total. The van der Waals surface area contributed by atoms with Crippen LogP contribution in [0.1, 0.15) is 18.6 Å². The van der Waals surface area contributed by atoms with E-state index < -0.39 is 16.1 Å². The summed E-state index contributed by atoms with van der Waals surface area (Å²) < 4.78 is 36.7. The van der Waals surface area contributed by atoms with E-state index in [1.54, 1.807) is 13.3 Å². The Bertz CT molecular complexity index is 1650. The molecule has 1 atom stereocenters. The maximum atomic E-state index is 11.7. The van der Waals surface area contributed by atoms with Gasteiger partial charge in [0.2, 0.25) is 10.0 Å². The van der Waals surface area contributed by atoms with Crippen molar-refractivity contribution in [1.82, 2.24) is 29.7 Å². The summed E-state index contributed by atoms with van der Waals surface area (Å²) in [6.45, 7) is 4.54. The highest BCUT2D eigenvalue weighted by atomic mass is 35.5. The summed E-state index contributed by atoms with van der Waals surface area (Å²) >= 11 is 12.5. The highest BCUT2D eigenvalue weighted by molar-refractivity contribution is 7.88. The molecule has 2 aliphatic heterocycles. The maximum absolute atomic E-state index is 11.7. The Labute approximate surface area is 235 Å². The summed E-state index contributed by atoms with van der Waals surface area (Å²) in [5.74, 6) is 1.86. The third-order valence-electron chi connectivity index (χ3n) is 7.24. The number of rotatable bonds is 7. The minimum absolute atomic E-state index is 0.0369. The highest BCUT2D eigenvalue weighted by Crippen LogP contribution is 2.43. The summed E-state index contributed by atoms with van der Waals surface area (Å²) in [7, 11) is -1.56. The van der Waals surface area contributed by atoms with E-state index in [0.717, 1.165) is 35.4 Å². The van der Waals surface area contributed by atoms with Gasteiger partial charge in [-0.05, 0) is 25.1 Å². The molecule has 0 bridgehead atoms. The number of aromatic amines is 1. The number of methoxy groups -OCH3 is 1. The zero-order chi connectivity index (χ0) is 27.5. The maximum Gasteiger partial charge on any atom is 0.211 e. The molecule has 14 heteroatoms. The number of sulfonamides is 1. The van der Waals surface area contributed by atoms with Crippen LogP contribution in [0, 0.1) is 5.41 Å². The molecule has 11 nitrogen and oxygen atoms in total. The first-order valence-corrected chi connectivity index (χ1v) is 14.7. The topological polar surface area (TPSA) is 126 Å². The summed E-state index contributed by atoms with van der Waals surface area (Å²) in [4.78, 5) is 6.82. The van der Waals surface area contributed by atoms with Gasteiger partial charge >= 0.3 is 0 Å². The second-order valence-corrected chi connectivity index (χ2v) is 12.8. The average molecular weight is 590 g/mol. The number of benzene rings is 1. The fourth-order valence-corrected chi connectivity index (χ4v) is 6.89. The molecule has 2 aliphatic rings. The molecular formula is C25H25Cl2N7O4S. The molecule has 5 heterocycles. The van der Waals surface area contributed by atoms with Crippen molar-refractivity contribution >= 4 is 49.9 Å². The zero-order valence-electron chi connectivity index (χ0n) is 21.4. The molecular weight excluding hydrogens is 565 g/mol. The van der Waals surface area contributed by atoms with Crippen molar-refractivity contribution in [2.75, 3.05) is 44.4 Å². The lowest BCUT2D eigenvalue weighted by molar-refractivity contribution is 0.0395. The number of halogens is 2. The van der Waals surface area contributed by atoms with Gasteiger partial charge in [-0.25, -0.2) is 17.7 Å². The van der Waals surface area contributed by atoms with Gasteiger partial charge in [0.25, 0.3) is 0 Å². The number of ether oxygens (including phenoxy) is 2. The normalized spacial score (nSPS) is 17.6. The number of hydrogen-bond donors (Lipinski definition) is 1. The Morgan fingerprint density at radius 3 is 2.51 bits per heavy atom. The Morgan fingerprint density at radius 2 is 1.87 bits per heavy atom. The monoisotopic (exact) mass is 589 g/mol. The molecule has 4 aromatic rings. The van der Waals surface area contributed by atoms with Gasteiger partial charge in [-0.3, -0.25) is 5.10 Å². The van der Waals surface area contributed by atoms with Gasteiger partial charge < -0.3 is 14.4 Å². The lowest BCUT2D eigenvalue weighted by Gasteiger charge is -2.59. The van der Waals surface area contributed by atoms with Crippen molar-refractivity contribution in [2.45, 2.75) is 13.0 Å². The predicted molar refractivity (Wildman–Crippen MR) is 148 cm³/mol. The lowest BCUT2D eigenvalue weighted by Crippen LogP contribution is -2.73. The summed E-state index contributed by atoms with van der Waals surface area (Å²) in [5, 5.41) is 16.6. The number of hydrogen-bond acceptors (Lipinski definition) is 9. The SMILES string of the molecule is COc1cc2[nH]nc(-c3ccc(N4CC5(C4)CN(S(C)(=O)=O)C5)nc3)c2cc1O[C@H](C)c1c(Cl)cnnc1Cl. The van der Waals surface area contributed by atoms with E-state index in [0.29, 0.717) is 40.9 Å². The number of nitrogens with zero attached hydrogens (tertiary/aromatic N) is 6. The van der Waals surface area contributed by atoms with Crippen molar-refractivity contribution in [3.8, 4) is 22.8 Å². The zero-order valence-corrected chi connectivity index (χ0v) is 23.7. The molecule has 0 radical (unpaired) electrons. The van der Waals surface area contributed by atoms with Gasteiger partial charge in [0, 0.05) is 54.8 Å². The van der Waals surface area contributed by atoms with Crippen LogP contribution in [0.2, 0.25) is 10.2 Å².